The molecule has 1 aliphatic heterocycles. The van der Waals surface area contributed by atoms with Crippen LogP contribution in [-0.4, -0.2) is 36.1 Å². The predicted molar refractivity (Wildman–Crippen MR) is 91.8 cm³/mol. The van der Waals surface area contributed by atoms with Crippen LogP contribution in [0.2, 0.25) is 0 Å². The van der Waals surface area contributed by atoms with E-state index in [-0.39, 0.29) is 11.6 Å². The second-order valence-corrected chi connectivity index (χ2v) is 7.11. The minimum atomic E-state index is -0.486. The van der Waals surface area contributed by atoms with Crippen molar-refractivity contribution in [3.63, 3.8) is 0 Å². The fraction of sp³-hybridized carbons (Fsp3) is 0.562. The first-order valence-corrected chi connectivity index (χ1v) is 8.65. The Balaban J connectivity index is 1.72. The Morgan fingerprint density at radius 3 is 2.88 bits per heavy atom. The molecular weight excluding hydrogens is 329 g/mol. The van der Waals surface area contributed by atoms with Gasteiger partial charge >= 0.3 is 0 Å². The molecule has 0 aromatic heterocycles. The van der Waals surface area contributed by atoms with E-state index in [4.69, 9.17) is 14.7 Å². The average molecular weight is 349 g/mol. The van der Waals surface area contributed by atoms with Crippen molar-refractivity contribution in [1.82, 2.24) is 0 Å². The molecule has 2 aliphatic rings. The molecular formula is C16H20N3O4P. The van der Waals surface area contributed by atoms with E-state index < -0.39 is 10.7 Å². The van der Waals surface area contributed by atoms with E-state index in [9.17, 15) is 10.1 Å². The van der Waals surface area contributed by atoms with Gasteiger partial charge in [0, 0.05) is 25.5 Å². The zero-order chi connectivity index (χ0) is 17.2. The summed E-state index contributed by atoms with van der Waals surface area (Å²) in [6.45, 7) is 1.81. The smallest absolute Gasteiger partial charge is 0.292 e. The van der Waals surface area contributed by atoms with Crippen LogP contribution in [0.3, 0.4) is 0 Å². The molecule has 1 aliphatic carbocycles. The Morgan fingerprint density at radius 2 is 2.21 bits per heavy atom. The SMILES string of the molecule is N#Cc1ccc([N+](=O)[O-])c(NCC2CC3(CCC2P)OCCO3)c1. The summed E-state index contributed by atoms with van der Waals surface area (Å²) >= 11 is 0. The standard InChI is InChI=1S/C16H20N3O4P/c17-9-11-1-2-14(19(20)21)13(7-11)18-10-12-8-16(4-3-15(12)24)22-5-6-23-16/h1-2,7,12,15,18H,3-6,8,10,24H2. The summed E-state index contributed by atoms with van der Waals surface area (Å²) in [4.78, 5) is 10.7. The molecule has 2 fully saturated rings. The van der Waals surface area contributed by atoms with Gasteiger partial charge in [0.05, 0.1) is 29.8 Å². The molecule has 1 heterocycles. The highest BCUT2D eigenvalue weighted by atomic mass is 31.0. The number of anilines is 1. The summed E-state index contributed by atoms with van der Waals surface area (Å²) in [5.74, 6) is -0.230. The van der Waals surface area contributed by atoms with Crippen LogP contribution in [-0.2, 0) is 9.47 Å². The van der Waals surface area contributed by atoms with E-state index in [1.165, 1.54) is 18.2 Å². The fourth-order valence-corrected chi connectivity index (χ4v) is 3.84. The quantitative estimate of drug-likeness (QED) is 0.510. The maximum absolute atomic E-state index is 11.2. The van der Waals surface area contributed by atoms with Crippen molar-refractivity contribution in [3.05, 3.63) is 33.9 Å². The normalized spacial score (nSPS) is 25.3. The minimum absolute atomic E-state index is 0.0202. The van der Waals surface area contributed by atoms with E-state index in [2.05, 4.69) is 14.6 Å². The predicted octanol–water partition coefficient (Wildman–Crippen LogP) is 2.67. The van der Waals surface area contributed by atoms with Gasteiger partial charge in [-0.05, 0) is 30.1 Å². The van der Waals surface area contributed by atoms with Gasteiger partial charge in [0.25, 0.3) is 5.69 Å². The van der Waals surface area contributed by atoms with Crippen LogP contribution >= 0.6 is 9.24 Å². The molecule has 1 aromatic carbocycles. The Bertz CT molecular complexity index is 670. The summed E-state index contributed by atoms with van der Waals surface area (Å²) in [6, 6.07) is 6.36. The third-order valence-electron chi connectivity index (χ3n) is 4.73. The lowest BCUT2D eigenvalue weighted by molar-refractivity contribution is -0.384. The first-order valence-electron chi connectivity index (χ1n) is 7.99. The molecule has 3 rings (SSSR count). The molecule has 128 valence electrons. The maximum atomic E-state index is 11.2. The minimum Gasteiger partial charge on any atom is -0.379 e. The van der Waals surface area contributed by atoms with Gasteiger partial charge in [-0.1, -0.05) is 0 Å². The highest BCUT2D eigenvalue weighted by Gasteiger charge is 2.43. The zero-order valence-electron chi connectivity index (χ0n) is 13.2. The first kappa shape index (κ1) is 17.1. The maximum Gasteiger partial charge on any atom is 0.292 e. The van der Waals surface area contributed by atoms with E-state index in [0.29, 0.717) is 36.7 Å². The zero-order valence-corrected chi connectivity index (χ0v) is 14.4. The van der Waals surface area contributed by atoms with E-state index in [1.54, 1.807) is 0 Å². The second-order valence-electron chi connectivity index (χ2n) is 6.26. The highest BCUT2D eigenvalue weighted by Crippen LogP contribution is 2.41. The Morgan fingerprint density at radius 1 is 1.46 bits per heavy atom. The molecule has 0 amide bonds. The van der Waals surface area contributed by atoms with Crippen LogP contribution in [0.4, 0.5) is 11.4 Å². The Kier molecular flexibility index (Phi) is 5.00. The molecule has 1 saturated carbocycles. The third-order valence-corrected chi connectivity index (χ3v) is 5.61. The van der Waals surface area contributed by atoms with Gasteiger partial charge in [-0.15, -0.1) is 9.24 Å². The summed E-state index contributed by atoms with van der Waals surface area (Å²) in [7, 11) is 2.86. The van der Waals surface area contributed by atoms with E-state index in [1.807, 2.05) is 6.07 Å². The van der Waals surface area contributed by atoms with E-state index >= 15 is 0 Å². The third kappa shape index (κ3) is 3.51. The van der Waals surface area contributed by atoms with Gasteiger partial charge < -0.3 is 14.8 Å². The lowest BCUT2D eigenvalue weighted by atomic mass is 9.84. The average Bonchev–Trinajstić information content (AvgIpc) is 3.03. The monoisotopic (exact) mass is 349 g/mol. The van der Waals surface area contributed by atoms with Gasteiger partial charge in [-0.3, -0.25) is 10.1 Å². The van der Waals surface area contributed by atoms with Gasteiger partial charge in [0.2, 0.25) is 0 Å². The first-order chi connectivity index (χ1) is 11.5. The molecule has 24 heavy (non-hydrogen) atoms. The Labute approximate surface area is 142 Å². The number of hydrogen-bond donors (Lipinski definition) is 1. The van der Waals surface area contributed by atoms with Crippen molar-refractivity contribution in [2.24, 2.45) is 5.92 Å². The van der Waals surface area contributed by atoms with Gasteiger partial charge in [0.1, 0.15) is 5.69 Å². The highest BCUT2D eigenvalue weighted by molar-refractivity contribution is 7.17. The number of nitrogens with zero attached hydrogens (tertiary/aromatic N) is 2. The van der Waals surface area contributed by atoms with Crippen molar-refractivity contribution < 1.29 is 14.4 Å². The fourth-order valence-electron chi connectivity index (χ4n) is 3.41. The van der Waals surface area contributed by atoms with Crippen molar-refractivity contribution in [2.75, 3.05) is 25.1 Å². The summed E-state index contributed by atoms with van der Waals surface area (Å²) in [5, 5.41) is 23.3. The van der Waals surface area contributed by atoms with Crippen molar-refractivity contribution in [2.45, 2.75) is 30.7 Å². The number of nitrogens with one attached hydrogen (secondary N) is 1. The summed E-state index contributed by atoms with van der Waals surface area (Å²) in [5.41, 5.74) is 1.15. The van der Waals surface area contributed by atoms with Crippen molar-refractivity contribution in [3.8, 4) is 6.07 Å². The van der Waals surface area contributed by atoms with Crippen LogP contribution in [0.5, 0.6) is 0 Å². The van der Waals surface area contributed by atoms with Crippen LogP contribution < -0.4 is 5.32 Å². The topological polar surface area (TPSA) is 97.4 Å². The lowest BCUT2D eigenvalue weighted by Gasteiger charge is -2.39. The van der Waals surface area contributed by atoms with Crippen molar-refractivity contribution in [1.29, 1.82) is 5.26 Å². The van der Waals surface area contributed by atoms with Gasteiger partial charge in [-0.25, -0.2) is 0 Å². The van der Waals surface area contributed by atoms with Gasteiger partial charge in [-0.2, -0.15) is 5.26 Å². The summed E-state index contributed by atoms with van der Waals surface area (Å²) in [6.07, 6.45) is 2.61. The largest absolute Gasteiger partial charge is 0.379 e. The number of hydrogen-bond acceptors (Lipinski definition) is 6. The molecule has 0 bridgehead atoms. The van der Waals surface area contributed by atoms with Gasteiger partial charge in [0.15, 0.2) is 5.79 Å². The number of nitro groups is 1. The number of rotatable bonds is 4. The van der Waals surface area contributed by atoms with Crippen LogP contribution in [0.25, 0.3) is 0 Å². The molecule has 3 atom stereocenters. The molecule has 3 unspecified atom stereocenters. The molecule has 1 aromatic rings. The molecule has 7 nitrogen and oxygen atoms in total. The molecule has 0 radical (unpaired) electrons. The van der Waals surface area contributed by atoms with E-state index in [0.717, 1.165) is 19.3 Å². The number of ether oxygens (including phenoxy) is 2. The second kappa shape index (κ2) is 7.02. The van der Waals surface area contributed by atoms with Crippen molar-refractivity contribution >= 4 is 20.6 Å². The number of nitro benzene ring substituents is 1. The number of nitriles is 1. The molecule has 1 spiro atoms. The number of benzene rings is 1. The lowest BCUT2D eigenvalue weighted by Crippen LogP contribution is -2.42. The van der Waals surface area contributed by atoms with Crippen LogP contribution in [0.1, 0.15) is 24.8 Å². The molecule has 8 heteroatoms. The summed E-state index contributed by atoms with van der Waals surface area (Å²) < 4.78 is 11.6. The van der Waals surface area contributed by atoms with Crippen LogP contribution in [0, 0.1) is 27.4 Å². The molecule has 1 saturated heterocycles. The Hall–Kier alpha value is -1.74. The molecule has 1 N–H and O–H groups in total. The van der Waals surface area contributed by atoms with Crippen LogP contribution in [0.15, 0.2) is 18.2 Å².